The highest BCUT2D eigenvalue weighted by atomic mass is 31.3. The molecule has 21 heteroatoms. The molecule has 19 nitrogen and oxygen atoms in total. The van der Waals surface area contributed by atoms with Crippen LogP contribution in [0.1, 0.15) is 6.23 Å². The van der Waals surface area contributed by atoms with E-state index in [-0.39, 0.29) is 0 Å². The number of phosphoric acid groups is 2. The van der Waals surface area contributed by atoms with E-state index in [0.29, 0.717) is 0 Å². The monoisotopic (exact) mass is 565 g/mol. The van der Waals surface area contributed by atoms with Gasteiger partial charge in [0.1, 0.15) is 42.7 Å². The van der Waals surface area contributed by atoms with E-state index in [1.54, 1.807) is 0 Å². The van der Waals surface area contributed by atoms with Crippen LogP contribution in [0.3, 0.4) is 0 Å². The topological polar surface area (TPSA) is 303 Å². The smallest absolute Gasteiger partial charge is 0.388 e. The van der Waals surface area contributed by atoms with Gasteiger partial charge in [0.2, 0.25) is 0 Å². The molecule has 1 aromatic heterocycles. The van der Waals surface area contributed by atoms with Crippen LogP contribution in [0, 0.1) is 0 Å². The van der Waals surface area contributed by atoms with Gasteiger partial charge in [-0.15, -0.1) is 0 Å². The highest BCUT2D eigenvalue weighted by molar-refractivity contribution is 7.61. The molecule has 0 spiro atoms. The first-order valence-corrected chi connectivity index (χ1v) is 13.1. The van der Waals surface area contributed by atoms with Crippen molar-refractivity contribution in [2.45, 2.75) is 55.2 Å². The molecule has 1 aromatic rings. The number of nitrogens with zero attached hydrogens (tertiary/aromatic N) is 1. The van der Waals surface area contributed by atoms with Crippen molar-refractivity contribution in [1.29, 1.82) is 0 Å². The third-order valence-corrected chi connectivity index (χ3v) is 7.78. The molecule has 3 unspecified atom stereocenters. The summed E-state index contributed by atoms with van der Waals surface area (Å²) >= 11 is 0. The second-order valence-electron chi connectivity index (χ2n) is 7.73. The average Bonchev–Trinajstić information content (AvgIpc) is 3.05. The fourth-order valence-electron chi connectivity index (χ4n) is 3.42. The predicted octanol–water partition coefficient (Wildman–Crippen LogP) is -4.83. The third-order valence-electron chi connectivity index (χ3n) is 5.20. The van der Waals surface area contributed by atoms with E-state index in [1.807, 2.05) is 4.98 Å². The number of aromatic amines is 1. The van der Waals surface area contributed by atoms with E-state index in [1.165, 1.54) is 0 Å². The molecule has 36 heavy (non-hydrogen) atoms. The summed E-state index contributed by atoms with van der Waals surface area (Å²) in [6.07, 6.45) is -15.0. The van der Waals surface area contributed by atoms with Crippen LogP contribution in [0.15, 0.2) is 21.9 Å². The van der Waals surface area contributed by atoms with E-state index in [0.717, 1.165) is 16.8 Å². The van der Waals surface area contributed by atoms with E-state index in [2.05, 4.69) is 4.31 Å². The van der Waals surface area contributed by atoms with Crippen molar-refractivity contribution in [2.24, 2.45) is 5.73 Å². The predicted molar refractivity (Wildman–Crippen MR) is 111 cm³/mol. The van der Waals surface area contributed by atoms with Gasteiger partial charge in [0.25, 0.3) is 5.56 Å². The van der Waals surface area contributed by atoms with Crippen molar-refractivity contribution < 1.29 is 67.3 Å². The zero-order valence-electron chi connectivity index (χ0n) is 18.0. The highest BCUT2D eigenvalue weighted by Gasteiger charge is 2.50. The summed E-state index contributed by atoms with van der Waals surface area (Å²) in [5.41, 5.74) is 3.62. The lowest BCUT2D eigenvalue weighted by Gasteiger charge is -2.40. The number of aliphatic hydroxyl groups is 5. The minimum atomic E-state index is -5.60. The van der Waals surface area contributed by atoms with Gasteiger partial charge in [0.05, 0.1) is 6.61 Å². The van der Waals surface area contributed by atoms with Gasteiger partial charge in [0.15, 0.2) is 12.5 Å². The van der Waals surface area contributed by atoms with Crippen molar-refractivity contribution >= 4 is 15.6 Å². The van der Waals surface area contributed by atoms with Gasteiger partial charge in [0, 0.05) is 18.8 Å². The number of phosphoric ester groups is 1. The summed E-state index contributed by atoms with van der Waals surface area (Å²) in [6.45, 7) is -1.45. The van der Waals surface area contributed by atoms with E-state index in [4.69, 9.17) is 34.0 Å². The number of H-pyrrole nitrogens is 1. The van der Waals surface area contributed by atoms with E-state index >= 15 is 0 Å². The van der Waals surface area contributed by atoms with Crippen LogP contribution in [0.2, 0.25) is 0 Å². The molecule has 2 fully saturated rings. The number of rotatable bonds is 9. The first kappa shape index (κ1) is 29.2. The van der Waals surface area contributed by atoms with Crippen molar-refractivity contribution in [1.82, 2.24) is 9.55 Å². The van der Waals surface area contributed by atoms with Gasteiger partial charge in [-0.05, 0) is 0 Å². The quantitative estimate of drug-likeness (QED) is 0.127. The SMILES string of the molecule is NC[C@H]1O[C@@H](OP(=O)(OC[C@@H]2O[C@H](n3ccc(=O)[nH]c3=O)C(O)C2O)OP(=O)(O)O)[C@H](O)[C@@H](O)[C@@H]1O. The maximum Gasteiger partial charge on any atom is 0.486 e. The molecule has 10 N–H and O–H groups in total. The number of aromatic nitrogens is 2. The van der Waals surface area contributed by atoms with Crippen LogP contribution in [-0.4, -0.2) is 107 Å². The zero-order chi connectivity index (χ0) is 27.0. The van der Waals surface area contributed by atoms with Crippen molar-refractivity contribution in [3.8, 4) is 0 Å². The molecule has 2 saturated heterocycles. The summed E-state index contributed by atoms with van der Waals surface area (Å²) in [4.78, 5) is 43.3. The van der Waals surface area contributed by atoms with Crippen LogP contribution in [0.5, 0.6) is 0 Å². The van der Waals surface area contributed by atoms with Gasteiger partial charge in [-0.1, -0.05) is 0 Å². The van der Waals surface area contributed by atoms with Crippen molar-refractivity contribution in [2.75, 3.05) is 13.2 Å². The zero-order valence-corrected chi connectivity index (χ0v) is 19.8. The Labute approximate surface area is 200 Å². The lowest BCUT2D eigenvalue weighted by Crippen LogP contribution is -2.59. The van der Waals surface area contributed by atoms with Crippen LogP contribution < -0.4 is 17.0 Å². The van der Waals surface area contributed by atoms with Gasteiger partial charge < -0.3 is 50.5 Å². The van der Waals surface area contributed by atoms with Crippen LogP contribution in [0.25, 0.3) is 0 Å². The van der Waals surface area contributed by atoms with Crippen LogP contribution in [-0.2, 0) is 32.0 Å². The molecule has 206 valence electrons. The maximum absolute atomic E-state index is 13.0. The number of nitrogens with two attached hydrogens (primary N) is 1. The molecular formula is C15H25N3O16P2. The molecular weight excluding hydrogens is 540 g/mol. The summed E-state index contributed by atoms with van der Waals surface area (Å²) in [6, 6.07) is 0.930. The Morgan fingerprint density at radius 2 is 1.61 bits per heavy atom. The number of ether oxygens (including phenoxy) is 2. The minimum absolute atomic E-state index is 0.416. The molecule has 3 rings (SSSR count). The minimum Gasteiger partial charge on any atom is -0.388 e. The van der Waals surface area contributed by atoms with E-state index < -0.39 is 95.3 Å². The van der Waals surface area contributed by atoms with Crippen LogP contribution in [0.4, 0.5) is 0 Å². The van der Waals surface area contributed by atoms with E-state index in [9.17, 15) is 44.3 Å². The fraction of sp³-hybridized carbons (Fsp3) is 0.733. The fourth-order valence-corrected chi connectivity index (χ4v) is 5.62. The normalized spacial score (nSPS) is 37.1. The summed E-state index contributed by atoms with van der Waals surface area (Å²) in [5.74, 6) is 0. The average molecular weight is 565 g/mol. The highest BCUT2D eigenvalue weighted by Crippen LogP contribution is 2.62. The first-order valence-electron chi connectivity index (χ1n) is 10.1. The molecule has 0 aliphatic carbocycles. The first-order chi connectivity index (χ1) is 16.7. The summed E-state index contributed by atoms with van der Waals surface area (Å²) < 4.78 is 49.2. The van der Waals surface area contributed by atoms with Crippen molar-refractivity contribution in [3.63, 3.8) is 0 Å². The third kappa shape index (κ3) is 6.54. The number of hydrogen-bond donors (Lipinski definition) is 9. The molecule has 0 saturated carbocycles. The Kier molecular flexibility index (Phi) is 9.05. The lowest BCUT2D eigenvalue weighted by atomic mass is 9.99. The van der Waals surface area contributed by atoms with Gasteiger partial charge >= 0.3 is 21.3 Å². The Balaban J connectivity index is 1.77. The van der Waals surface area contributed by atoms with Gasteiger partial charge in [-0.3, -0.25) is 23.4 Å². The molecule has 2 aliphatic rings. The molecule has 3 heterocycles. The van der Waals surface area contributed by atoms with Crippen molar-refractivity contribution in [3.05, 3.63) is 33.1 Å². The Morgan fingerprint density at radius 3 is 2.19 bits per heavy atom. The number of nitrogens with one attached hydrogen (secondary N) is 1. The molecule has 0 bridgehead atoms. The summed E-state index contributed by atoms with van der Waals surface area (Å²) in [5, 5.41) is 50.3. The Morgan fingerprint density at radius 1 is 0.972 bits per heavy atom. The summed E-state index contributed by atoms with van der Waals surface area (Å²) in [7, 11) is -11.0. The van der Waals surface area contributed by atoms with Gasteiger partial charge in [-0.25, -0.2) is 13.9 Å². The molecule has 0 aromatic carbocycles. The second kappa shape index (κ2) is 11.2. The molecule has 0 amide bonds. The largest absolute Gasteiger partial charge is 0.486 e. The standard InChI is InChI=1S/C15H25N3O16P2/c16-3-5-8(20)10(22)12(24)14(32-5)33-36(29,34-35(26,27)28)30-4-6-9(21)11(23)13(31-6)18-2-1-7(19)17-15(18)25/h1-2,5-6,8-14,20-24H,3-4,16H2,(H,17,19,25)(H2,26,27,28)/t5-,6+,8-,9?,10+,11?,12-,13+,14+,36?/m1/s1. The maximum atomic E-state index is 13.0. The molecule has 10 atom stereocenters. The second-order valence-corrected chi connectivity index (χ2v) is 10.7. The van der Waals surface area contributed by atoms with Gasteiger partial charge in [-0.2, -0.15) is 4.31 Å². The number of hydrogen-bond acceptors (Lipinski definition) is 15. The Hall–Kier alpha value is -1.38. The van der Waals surface area contributed by atoms with Crippen LogP contribution >= 0.6 is 15.6 Å². The number of aliphatic hydroxyl groups excluding tert-OH is 5. The Bertz CT molecular complexity index is 1120. The lowest BCUT2D eigenvalue weighted by molar-refractivity contribution is -0.273. The molecule has 2 aliphatic heterocycles. The molecule has 0 radical (unpaired) electrons.